The van der Waals surface area contributed by atoms with E-state index >= 15 is 0 Å². The Morgan fingerprint density at radius 3 is 2.48 bits per heavy atom. The number of aliphatic imine (C=N–C) groups is 1. The van der Waals surface area contributed by atoms with E-state index in [-0.39, 0.29) is 40.3 Å². The van der Waals surface area contributed by atoms with Gasteiger partial charge in [-0.2, -0.15) is 26.3 Å². The molecular formula is C27H29Cl3F6N4O2. The summed E-state index contributed by atoms with van der Waals surface area (Å²) in [5, 5.41) is 6.16. The molecule has 1 saturated heterocycles. The lowest BCUT2D eigenvalue weighted by Gasteiger charge is -2.36. The van der Waals surface area contributed by atoms with Crippen molar-refractivity contribution in [1.82, 2.24) is 5.32 Å². The average molecular weight is 662 g/mol. The van der Waals surface area contributed by atoms with E-state index in [1.807, 2.05) is 0 Å². The smallest absolute Gasteiger partial charge is 0.370 e. The number of hydrogen-bond donors (Lipinski definition) is 2. The normalized spacial score (nSPS) is 17.3. The van der Waals surface area contributed by atoms with E-state index < -0.39 is 36.9 Å². The van der Waals surface area contributed by atoms with Crippen molar-refractivity contribution in [3.63, 3.8) is 0 Å². The predicted octanol–water partition coefficient (Wildman–Crippen LogP) is 8.48. The molecule has 232 valence electrons. The van der Waals surface area contributed by atoms with Crippen molar-refractivity contribution >= 4 is 63.6 Å². The number of carbonyl (C=O) groups excluding carboxylic acids is 1. The molecule has 42 heavy (non-hydrogen) atoms. The maximum Gasteiger partial charge on any atom is 0.411 e. The summed E-state index contributed by atoms with van der Waals surface area (Å²) in [4.78, 5) is 18.2. The summed E-state index contributed by atoms with van der Waals surface area (Å²) < 4.78 is 81.5. The van der Waals surface area contributed by atoms with Crippen molar-refractivity contribution in [3.8, 4) is 0 Å². The molecule has 1 fully saturated rings. The Balaban J connectivity index is 1.72. The standard InChI is InChI=1S/C27H29Cl3F6N4O2/c1-14-9-22(40-8-4-5-18(12-40)27(34,35)36)20(29)10-21(14)38-16(3)39-24-19(28)7-6-17(23(24)30)11-37-25(41)15(2)42-13-26(31,32)33/h6-7,9-10,15,18H,4-5,8,11-13H2,1-3H3,(H,37,41)(H,38,39). The fourth-order valence-corrected chi connectivity index (χ4v) is 5.15. The Hall–Kier alpha value is -2.41. The zero-order valence-corrected chi connectivity index (χ0v) is 25.1. The SMILES string of the molecule is CC(=Nc1c(Cl)ccc(CNC(=O)C(C)OCC(F)(F)F)c1Cl)Nc1cc(Cl)c(N2CCCC(C(F)(F)F)C2)cc1C. The van der Waals surface area contributed by atoms with Gasteiger partial charge in [0, 0.05) is 25.3 Å². The van der Waals surface area contributed by atoms with E-state index in [0.717, 1.165) is 0 Å². The minimum Gasteiger partial charge on any atom is -0.370 e. The maximum absolute atomic E-state index is 13.3. The number of hydrogen-bond acceptors (Lipinski definition) is 4. The summed E-state index contributed by atoms with van der Waals surface area (Å²) in [6.07, 6.45) is -9.69. The van der Waals surface area contributed by atoms with Crippen molar-refractivity contribution in [3.05, 3.63) is 50.5 Å². The number of nitrogens with zero attached hydrogens (tertiary/aromatic N) is 2. The fourth-order valence-electron chi connectivity index (χ4n) is 4.34. The minimum absolute atomic E-state index is 0.0834. The largest absolute Gasteiger partial charge is 0.411 e. The number of carbonyl (C=O) groups is 1. The number of rotatable bonds is 8. The van der Waals surface area contributed by atoms with Crippen LogP contribution in [-0.2, 0) is 16.1 Å². The summed E-state index contributed by atoms with van der Waals surface area (Å²) in [5.41, 5.74) is 2.39. The average Bonchev–Trinajstić information content (AvgIpc) is 2.90. The van der Waals surface area contributed by atoms with Crippen LogP contribution in [0.1, 0.15) is 37.8 Å². The van der Waals surface area contributed by atoms with Gasteiger partial charge in [-0.1, -0.05) is 40.9 Å². The van der Waals surface area contributed by atoms with Crippen LogP contribution in [0.25, 0.3) is 0 Å². The Kier molecular flexibility index (Phi) is 11.3. The van der Waals surface area contributed by atoms with Gasteiger partial charge < -0.3 is 20.3 Å². The van der Waals surface area contributed by atoms with Gasteiger partial charge in [0.15, 0.2) is 0 Å². The monoisotopic (exact) mass is 660 g/mol. The molecule has 3 rings (SSSR count). The quantitative estimate of drug-likeness (QED) is 0.169. The highest BCUT2D eigenvalue weighted by molar-refractivity contribution is 6.39. The molecular weight excluding hydrogens is 633 g/mol. The van der Waals surface area contributed by atoms with Crippen LogP contribution < -0.4 is 15.5 Å². The molecule has 2 aromatic carbocycles. The van der Waals surface area contributed by atoms with Crippen molar-refractivity contribution in [2.75, 3.05) is 29.9 Å². The highest BCUT2D eigenvalue weighted by Gasteiger charge is 2.42. The van der Waals surface area contributed by atoms with Crippen LogP contribution in [0.4, 0.5) is 43.4 Å². The van der Waals surface area contributed by atoms with E-state index in [1.54, 1.807) is 36.9 Å². The van der Waals surface area contributed by atoms with E-state index in [9.17, 15) is 31.1 Å². The zero-order chi connectivity index (χ0) is 31.4. The molecule has 1 heterocycles. The molecule has 1 amide bonds. The van der Waals surface area contributed by atoms with Gasteiger partial charge in [-0.05, 0) is 62.9 Å². The van der Waals surface area contributed by atoms with Crippen LogP contribution in [0.3, 0.4) is 0 Å². The number of aryl methyl sites for hydroxylation is 1. The van der Waals surface area contributed by atoms with E-state index in [2.05, 4.69) is 20.4 Å². The molecule has 0 aromatic heterocycles. The lowest BCUT2D eigenvalue weighted by Crippen LogP contribution is -2.41. The summed E-state index contributed by atoms with van der Waals surface area (Å²) in [5.74, 6) is -1.82. The molecule has 0 aliphatic carbocycles. The zero-order valence-electron chi connectivity index (χ0n) is 22.8. The number of ether oxygens (including phenoxy) is 1. The summed E-state index contributed by atoms with van der Waals surface area (Å²) in [6.45, 7) is 3.24. The lowest BCUT2D eigenvalue weighted by molar-refractivity contribution is -0.185. The minimum atomic E-state index is -4.56. The number of nitrogens with one attached hydrogen (secondary N) is 2. The van der Waals surface area contributed by atoms with Crippen LogP contribution in [0, 0.1) is 12.8 Å². The summed E-state index contributed by atoms with van der Waals surface area (Å²) in [7, 11) is 0. The Morgan fingerprint density at radius 1 is 1.14 bits per heavy atom. The Labute approximate surface area is 254 Å². The molecule has 2 atom stereocenters. The maximum atomic E-state index is 13.3. The highest BCUT2D eigenvalue weighted by Crippen LogP contribution is 2.39. The molecule has 2 N–H and O–H groups in total. The van der Waals surface area contributed by atoms with Gasteiger partial charge in [0.1, 0.15) is 24.2 Å². The molecule has 2 aromatic rings. The molecule has 1 aliphatic rings. The van der Waals surface area contributed by atoms with Crippen LogP contribution in [-0.4, -0.2) is 49.9 Å². The first-order valence-electron chi connectivity index (χ1n) is 12.8. The number of anilines is 2. The number of piperidine rings is 1. The van der Waals surface area contributed by atoms with E-state index in [0.29, 0.717) is 41.3 Å². The Bertz CT molecular complexity index is 1320. The first-order chi connectivity index (χ1) is 19.5. The summed E-state index contributed by atoms with van der Waals surface area (Å²) >= 11 is 19.3. The third kappa shape index (κ3) is 9.29. The number of alkyl halides is 6. The molecule has 6 nitrogen and oxygen atoms in total. The van der Waals surface area contributed by atoms with Crippen molar-refractivity contribution in [2.24, 2.45) is 10.9 Å². The summed E-state index contributed by atoms with van der Waals surface area (Å²) in [6, 6.07) is 6.38. The lowest BCUT2D eigenvalue weighted by atomic mass is 9.96. The second kappa shape index (κ2) is 13.9. The first kappa shape index (κ1) is 34.1. The highest BCUT2D eigenvalue weighted by atomic mass is 35.5. The van der Waals surface area contributed by atoms with E-state index in [1.165, 1.54) is 13.0 Å². The molecule has 2 unspecified atom stereocenters. The Morgan fingerprint density at radius 2 is 1.83 bits per heavy atom. The number of halogens is 9. The first-order valence-corrected chi connectivity index (χ1v) is 14.0. The van der Waals surface area contributed by atoms with Gasteiger partial charge in [0.25, 0.3) is 0 Å². The van der Waals surface area contributed by atoms with Gasteiger partial charge in [-0.3, -0.25) is 4.79 Å². The second-order valence-electron chi connectivity index (χ2n) is 9.92. The van der Waals surface area contributed by atoms with Crippen molar-refractivity contribution < 1.29 is 35.9 Å². The van der Waals surface area contributed by atoms with Crippen molar-refractivity contribution in [1.29, 1.82) is 0 Å². The molecule has 0 saturated carbocycles. The number of amidine groups is 1. The van der Waals surface area contributed by atoms with Crippen LogP contribution in [0.15, 0.2) is 29.3 Å². The van der Waals surface area contributed by atoms with Crippen LogP contribution in [0.5, 0.6) is 0 Å². The van der Waals surface area contributed by atoms with Crippen LogP contribution in [0.2, 0.25) is 15.1 Å². The van der Waals surface area contributed by atoms with Gasteiger partial charge in [0.05, 0.1) is 26.7 Å². The fraction of sp³-hybridized carbons (Fsp3) is 0.481. The third-order valence-corrected chi connectivity index (χ3v) is 7.61. The second-order valence-corrected chi connectivity index (χ2v) is 11.1. The van der Waals surface area contributed by atoms with E-state index in [4.69, 9.17) is 34.8 Å². The number of benzene rings is 2. The van der Waals surface area contributed by atoms with Gasteiger partial charge >= 0.3 is 12.4 Å². The topological polar surface area (TPSA) is 66.0 Å². The molecule has 0 bridgehead atoms. The van der Waals surface area contributed by atoms with Crippen LogP contribution >= 0.6 is 34.8 Å². The third-order valence-electron chi connectivity index (χ3n) is 6.58. The molecule has 15 heteroatoms. The van der Waals surface area contributed by atoms with Gasteiger partial charge in [-0.15, -0.1) is 0 Å². The molecule has 0 spiro atoms. The van der Waals surface area contributed by atoms with Crippen molar-refractivity contribution in [2.45, 2.75) is 58.6 Å². The molecule has 1 aliphatic heterocycles. The van der Waals surface area contributed by atoms with Gasteiger partial charge in [-0.25, -0.2) is 4.99 Å². The predicted molar refractivity (Wildman–Crippen MR) is 153 cm³/mol. The molecule has 0 radical (unpaired) electrons. The van der Waals surface area contributed by atoms with Gasteiger partial charge in [0.2, 0.25) is 5.91 Å². The number of amides is 1.